The van der Waals surface area contributed by atoms with Crippen molar-refractivity contribution in [2.45, 2.75) is 39.0 Å². The summed E-state index contributed by atoms with van der Waals surface area (Å²) in [6, 6.07) is 3.55. The zero-order valence-electron chi connectivity index (χ0n) is 16.7. The van der Waals surface area contributed by atoms with E-state index in [-0.39, 0.29) is 17.2 Å². The van der Waals surface area contributed by atoms with Crippen LogP contribution in [0.4, 0.5) is 0 Å². The third-order valence-electron chi connectivity index (χ3n) is 4.86. The zero-order chi connectivity index (χ0) is 21.1. The SMILES string of the molecule is CCOc1cc(Br)c([C@H]2C(C(=O)OC)=C(N)OC3=C2C(=O)CCC3)cc1OCC. The van der Waals surface area contributed by atoms with Crippen LogP contribution in [-0.2, 0) is 19.1 Å². The summed E-state index contributed by atoms with van der Waals surface area (Å²) >= 11 is 3.57. The molecule has 1 atom stereocenters. The van der Waals surface area contributed by atoms with Gasteiger partial charge in [0.15, 0.2) is 17.3 Å². The van der Waals surface area contributed by atoms with E-state index in [1.54, 1.807) is 12.1 Å². The lowest BCUT2D eigenvalue weighted by Gasteiger charge is -2.33. The quantitative estimate of drug-likeness (QED) is 0.639. The van der Waals surface area contributed by atoms with Crippen LogP contribution in [0, 0.1) is 0 Å². The van der Waals surface area contributed by atoms with Crippen LogP contribution in [0.25, 0.3) is 0 Å². The number of hydrogen-bond acceptors (Lipinski definition) is 7. The summed E-state index contributed by atoms with van der Waals surface area (Å²) < 4.78 is 22.7. The van der Waals surface area contributed by atoms with Gasteiger partial charge in [-0.15, -0.1) is 0 Å². The molecule has 0 fully saturated rings. The second-order valence-corrected chi connectivity index (χ2v) is 7.46. The van der Waals surface area contributed by atoms with Crippen LogP contribution >= 0.6 is 15.9 Å². The molecule has 3 rings (SSSR count). The van der Waals surface area contributed by atoms with Gasteiger partial charge in [0.1, 0.15) is 11.3 Å². The van der Waals surface area contributed by atoms with Crippen molar-refractivity contribution in [3.05, 3.63) is 45.0 Å². The average Bonchev–Trinajstić information content (AvgIpc) is 2.69. The summed E-state index contributed by atoms with van der Waals surface area (Å²) in [7, 11) is 1.27. The second kappa shape index (κ2) is 8.90. The molecule has 8 heteroatoms. The van der Waals surface area contributed by atoms with Crippen molar-refractivity contribution in [3.63, 3.8) is 0 Å². The molecule has 0 saturated carbocycles. The maximum absolute atomic E-state index is 12.8. The number of ketones is 1. The Kier molecular flexibility index (Phi) is 6.52. The predicted octanol–water partition coefficient (Wildman–Crippen LogP) is 3.71. The van der Waals surface area contributed by atoms with Crippen LogP contribution in [0.2, 0.25) is 0 Å². The minimum Gasteiger partial charge on any atom is -0.490 e. The van der Waals surface area contributed by atoms with Gasteiger partial charge in [0.05, 0.1) is 26.2 Å². The molecule has 0 unspecified atom stereocenters. The Morgan fingerprint density at radius 2 is 1.86 bits per heavy atom. The summed E-state index contributed by atoms with van der Waals surface area (Å²) in [6.45, 7) is 4.66. The summed E-state index contributed by atoms with van der Waals surface area (Å²) in [4.78, 5) is 25.4. The van der Waals surface area contributed by atoms with Gasteiger partial charge in [-0.25, -0.2) is 4.79 Å². The second-order valence-electron chi connectivity index (χ2n) is 6.60. The number of nitrogens with two attached hydrogens (primary N) is 1. The maximum atomic E-state index is 12.8. The number of Topliss-reactive ketones (excluding diaryl/α,β-unsaturated/α-hetero) is 1. The Labute approximate surface area is 177 Å². The lowest BCUT2D eigenvalue weighted by Crippen LogP contribution is -2.31. The third kappa shape index (κ3) is 3.99. The van der Waals surface area contributed by atoms with Crippen LogP contribution in [0.1, 0.15) is 44.6 Å². The Morgan fingerprint density at radius 1 is 1.21 bits per heavy atom. The van der Waals surface area contributed by atoms with Crippen LogP contribution in [0.15, 0.2) is 39.4 Å². The molecule has 2 aliphatic rings. The van der Waals surface area contributed by atoms with E-state index >= 15 is 0 Å². The van der Waals surface area contributed by atoms with Crippen molar-refractivity contribution in [1.29, 1.82) is 0 Å². The maximum Gasteiger partial charge on any atom is 0.340 e. The molecular weight excluding hydrogens is 442 g/mol. The number of carbonyl (C=O) groups is 2. The number of esters is 1. The summed E-state index contributed by atoms with van der Waals surface area (Å²) in [5.74, 6) is 0.123. The Morgan fingerprint density at radius 3 is 2.48 bits per heavy atom. The number of methoxy groups -OCH3 is 1. The lowest BCUT2D eigenvalue weighted by molar-refractivity contribution is -0.136. The molecule has 7 nitrogen and oxygen atoms in total. The number of benzene rings is 1. The van der Waals surface area contributed by atoms with Gasteiger partial charge in [-0.1, -0.05) is 15.9 Å². The Balaban J connectivity index is 2.24. The molecule has 0 saturated heterocycles. The van der Waals surface area contributed by atoms with Crippen molar-refractivity contribution in [2.24, 2.45) is 5.73 Å². The first-order valence-corrected chi connectivity index (χ1v) is 10.3. The molecule has 0 spiro atoms. The van der Waals surface area contributed by atoms with E-state index in [1.165, 1.54) is 7.11 Å². The molecule has 1 aliphatic heterocycles. The van der Waals surface area contributed by atoms with E-state index < -0.39 is 11.9 Å². The number of halogens is 1. The van der Waals surface area contributed by atoms with Gasteiger partial charge in [-0.05, 0) is 38.0 Å². The molecule has 1 aromatic rings. The largest absolute Gasteiger partial charge is 0.490 e. The van der Waals surface area contributed by atoms with Crippen molar-refractivity contribution < 1.29 is 28.5 Å². The van der Waals surface area contributed by atoms with E-state index in [0.29, 0.717) is 65.3 Å². The first-order chi connectivity index (χ1) is 13.9. The first-order valence-electron chi connectivity index (χ1n) is 9.53. The summed E-state index contributed by atoms with van der Waals surface area (Å²) in [6.07, 6.45) is 1.65. The molecule has 1 aliphatic carbocycles. The van der Waals surface area contributed by atoms with Gasteiger partial charge >= 0.3 is 5.97 Å². The highest BCUT2D eigenvalue weighted by atomic mass is 79.9. The van der Waals surface area contributed by atoms with Crippen LogP contribution in [-0.4, -0.2) is 32.1 Å². The molecular formula is C21H24BrNO6. The molecule has 156 valence electrons. The van der Waals surface area contributed by atoms with Gasteiger partial charge in [0.2, 0.25) is 5.88 Å². The highest BCUT2D eigenvalue weighted by Crippen LogP contribution is 2.48. The topological polar surface area (TPSA) is 97.1 Å². The monoisotopic (exact) mass is 465 g/mol. The van der Waals surface area contributed by atoms with Crippen LogP contribution in [0.5, 0.6) is 11.5 Å². The van der Waals surface area contributed by atoms with E-state index in [1.807, 2.05) is 13.8 Å². The molecule has 2 N–H and O–H groups in total. The molecule has 1 aromatic carbocycles. The third-order valence-corrected chi connectivity index (χ3v) is 5.55. The van der Waals surface area contributed by atoms with Gasteiger partial charge < -0.3 is 24.7 Å². The molecule has 0 aromatic heterocycles. The van der Waals surface area contributed by atoms with Gasteiger partial charge in [-0.2, -0.15) is 0 Å². The highest BCUT2D eigenvalue weighted by molar-refractivity contribution is 9.10. The van der Waals surface area contributed by atoms with Crippen molar-refractivity contribution in [2.75, 3.05) is 20.3 Å². The Bertz CT molecular complexity index is 905. The van der Waals surface area contributed by atoms with Gasteiger partial charge in [-0.3, -0.25) is 4.79 Å². The minimum atomic E-state index is -0.719. The van der Waals surface area contributed by atoms with E-state index in [9.17, 15) is 9.59 Å². The predicted molar refractivity (Wildman–Crippen MR) is 109 cm³/mol. The smallest absolute Gasteiger partial charge is 0.340 e. The summed E-state index contributed by atoms with van der Waals surface area (Å²) in [5.41, 5.74) is 7.31. The molecule has 0 radical (unpaired) electrons. The first kappa shape index (κ1) is 21.2. The number of ether oxygens (including phenoxy) is 4. The molecule has 0 bridgehead atoms. The van der Waals surface area contributed by atoms with E-state index in [0.717, 1.165) is 0 Å². The van der Waals surface area contributed by atoms with E-state index in [2.05, 4.69) is 15.9 Å². The minimum absolute atomic E-state index is 0.0472. The molecule has 29 heavy (non-hydrogen) atoms. The van der Waals surface area contributed by atoms with Crippen molar-refractivity contribution in [3.8, 4) is 11.5 Å². The standard InChI is InChI=1S/C21H24BrNO6/c1-4-27-15-9-11(12(22)10-16(15)28-5-2)17-18-13(24)7-6-8-14(18)29-20(23)19(17)21(25)26-3/h9-10,17H,4-8,23H2,1-3H3/t17-/m1/s1. The lowest BCUT2D eigenvalue weighted by atomic mass is 9.77. The number of hydrogen-bond donors (Lipinski definition) is 1. The fourth-order valence-corrected chi connectivity index (χ4v) is 4.24. The molecule has 0 amide bonds. The highest BCUT2D eigenvalue weighted by Gasteiger charge is 2.42. The molecule has 1 heterocycles. The zero-order valence-corrected chi connectivity index (χ0v) is 18.3. The number of carbonyl (C=O) groups excluding carboxylic acids is 2. The van der Waals surface area contributed by atoms with Crippen LogP contribution in [0.3, 0.4) is 0 Å². The van der Waals surface area contributed by atoms with Gasteiger partial charge in [0.25, 0.3) is 0 Å². The fourth-order valence-electron chi connectivity index (χ4n) is 3.68. The summed E-state index contributed by atoms with van der Waals surface area (Å²) in [5, 5.41) is 0. The van der Waals surface area contributed by atoms with Crippen molar-refractivity contribution in [1.82, 2.24) is 0 Å². The van der Waals surface area contributed by atoms with E-state index in [4.69, 9.17) is 24.7 Å². The fraction of sp³-hybridized carbons (Fsp3) is 0.429. The average molecular weight is 466 g/mol. The number of allylic oxidation sites excluding steroid dienone is 2. The number of rotatable bonds is 6. The normalized spacial score (nSPS) is 18.9. The van der Waals surface area contributed by atoms with Crippen molar-refractivity contribution >= 4 is 27.7 Å². The Hall–Kier alpha value is -2.48. The van der Waals surface area contributed by atoms with Gasteiger partial charge in [0, 0.05) is 22.9 Å². The van der Waals surface area contributed by atoms with Crippen LogP contribution < -0.4 is 15.2 Å².